The van der Waals surface area contributed by atoms with Crippen LogP contribution in [-0.4, -0.2) is 29.6 Å². The van der Waals surface area contributed by atoms with E-state index in [1.54, 1.807) is 24.3 Å². The molecule has 3 heteroatoms. The topological polar surface area (TPSA) is 0 Å². The Labute approximate surface area is 86.5 Å². The molecule has 0 aliphatic carbocycles. The molecule has 0 atom stereocenters. The molecule has 0 bridgehead atoms. The minimum atomic E-state index is 0. The number of benzene rings is 1. The van der Waals surface area contributed by atoms with Crippen molar-refractivity contribution in [2.75, 3.05) is 0 Å². The predicted octanol–water partition coefficient (Wildman–Crippen LogP) is 2.61. The fourth-order valence-corrected chi connectivity index (χ4v) is 0.682. The number of hydrogen-bond acceptors (Lipinski definition) is 0. The fourth-order valence-electron chi connectivity index (χ4n) is 0.430. The Morgan fingerprint density at radius 3 is 1.22 bits per heavy atom. The molecule has 0 nitrogen and oxygen atoms in total. The first-order valence-electron chi connectivity index (χ1n) is 2.20. The van der Waals surface area contributed by atoms with Crippen molar-refractivity contribution >= 4 is 52.8 Å². The zero-order valence-corrected chi connectivity index (χ0v) is 8.58. The van der Waals surface area contributed by atoms with Crippen LogP contribution in [0, 0.1) is 0 Å². The van der Waals surface area contributed by atoms with Gasteiger partial charge in [-0.25, -0.2) is 0 Å². The number of rotatable bonds is 0. The second-order valence-corrected chi connectivity index (χ2v) is 2.31. The second kappa shape index (κ2) is 4.59. The number of hydrogen-bond donors (Lipinski definition) is 0. The maximum Gasteiger partial charge on any atom is 0.0407 e. The first-order chi connectivity index (χ1) is 3.79. The Balaban J connectivity index is 0.000000640. The van der Waals surface area contributed by atoms with Crippen LogP contribution in [0.4, 0.5) is 0 Å². The molecule has 1 aromatic rings. The van der Waals surface area contributed by atoms with E-state index in [0.717, 1.165) is 10.0 Å². The minimum Gasteiger partial charge on any atom is -0.0843 e. The van der Waals surface area contributed by atoms with Gasteiger partial charge in [0.1, 0.15) is 0 Å². The van der Waals surface area contributed by atoms with Gasteiger partial charge in [0, 0.05) is 39.6 Å². The maximum absolute atomic E-state index is 5.55. The summed E-state index contributed by atoms with van der Waals surface area (Å²) in [7, 11) is 0. The molecule has 1 rings (SSSR count). The molecule has 0 aliphatic heterocycles. The molecule has 0 saturated carbocycles. The standard InChI is InChI=1S/C6H4Cl2.Na/c7-5-1-2-6(8)4-3-5;/h1-4H;. The summed E-state index contributed by atoms with van der Waals surface area (Å²) in [6, 6.07) is 7.02. The van der Waals surface area contributed by atoms with E-state index in [2.05, 4.69) is 0 Å². The van der Waals surface area contributed by atoms with Crippen LogP contribution in [0.3, 0.4) is 0 Å². The molecule has 0 heterocycles. The van der Waals surface area contributed by atoms with Crippen molar-refractivity contribution < 1.29 is 0 Å². The van der Waals surface area contributed by atoms with Gasteiger partial charge >= 0.3 is 0 Å². The van der Waals surface area contributed by atoms with Crippen LogP contribution in [0.5, 0.6) is 0 Å². The first-order valence-corrected chi connectivity index (χ1v) is 2.96. The van der Waals surface area contributed by atoms with Crippen molar-refractivity contribution in [3.05, 3.63) is 34.3 Å². The third-order valence-electron chi connectivity index (χ3n) is 0.804. The Morgan fingerprint density at radius 1 is 0.778 bits per heavy atom. The van der Waals surface area contributed by atoms with Gasteiger partial charge in [-0.1, -0.05) is 23.2 Å². The van der Waals surface area contributed by atoms with Crippen molar-refractivity contribution in [2.24, 2.45) is 0 Å². The van der Waals surface area contributed by atoms with Crippen molar-refractivity contribution in [2.45, 2.75) is 0 Å². The van der Waals surface area contributed by atoms with Crippen LogP contribution in [0.2, 0.25) is 10.0 Å². The van der Waals surface area contributed by atoms with Crippen LogP contribution >= 0.6 is 23.2 Å². The van der Waals surface area contributed by atoms with Crippen LogP contribution in [-0.2, 0) is 0 Å². The molecule has 0 aliphatic rings. The van der Waals surface area contributed by atoms with E-state index in [1.807, 2.05) is 0 Å². The molecule has 0 amide bonds. The maximum atomic E-state index is 5.55. The minimum absolute atomic E-state index is 0. The van der Waals surface area contributed by atoms with Crippen LogP contribution in [0.1, 0.15) is 0 Å². The third-order valence-corrected chi connectivity index (χ3v) is 1.31. The fraction of sp³-hybridized carbons (Fsp3) is 0. The Morgan fingerprint density at radius 2 is 1.00 bits per heavy atom. The van der Waals surface area contributed by atoms with E-state index >= 15 is 0 Å². The van der Waals surface area contributed by atoms with E-state index in [4.69, 9.17) is 23.2 Å². The largest absolute Gasteiger partial charge is 0.0843 e. The van der Waals surface area contributed by atoms with Crippen molar-refractivity contribution in [1.29, 1.82) is 0 Å². The van der Waals surface area contributed by atoms with Gasteiger partial charge in [-0.15, -0.1) is 0 Å². The summed E-state index contributed by atoms with van der Waals surface area (Å²) in [5, 5.41) is 1.43. The van der Waals surface area contributed by atoms with E-state index in [9.17, 15) is 0 Å². The summed E-state index contributed by atoms with van der Waals surface area (Å²) in [5.74, 6) is 0. The SMILES string of the molecule is Clc1ccc(Cl)cc1.[Na]. The quantitative estimate of drug-likeness (QED) is 0.525. The van der Waals surface area contributed by atoms with Gasteiger partial charge in [-0.3, -0.25) is 0 Å². The smallest absolute Gasteiger partial charge is 0.0407 e. The molecule has 0 fully saturated rings. The Hall–Kier alpha value is 0.800. The molecular formula is C6H4Cl2Na. The molecule has 9 heavy (non-hydrogen) atoms. The summed E-state index contributed by atoms with van der Waals surface area (Å²) in [5.41, 5.74) is 0. The molecule has 0 saturated heterocycles. The van der Waals surface area contributed by atoms with E-state index in [1.165, 1.54) is 0 Å². The normalized spacial score (nSPS) is 8.22. The van der Waals surface area contributed by atoms with Gasteiger partial charge < -0.3 is 0 Å². The van der Waals surface area contributed by atoms with Gasteiger partial charge in [0.25, 0.3) is 0 Å². The summed E-state index contributed by atoms with van der Waals surface area (Å²) in [4.78, 5) is 0. The van der Waals surface area contributed by atoms with Crippen LogP contribution in [0.15, 0.2) is 24.3 Å². The summed E-state index contributed by atoms with van der Waals surface area (Å²) in [6.07, 6.45) is 0. The molecule has 0 spiro atoms. The van der Waals surface area contributed by atoms with Crippen molar-refractivity contribution in [3.63, 3.8) is 0 Å². The van der Waals surface area contributed by atoms with Gasteiger partial charge in [-0.05, 0) is 24.3 Å². The third kappa shape index (κ3) is 3.49. The predicted molar refractivity (Wildman–Crippen MR) is 42.2 cm³/mol. The van der Waals surface area contributed by atoms with Crippen LogP contribution in [0.25, 0.3) is 0 Å². The second-order valence-electron chi connectivity index (χ2n) is 1.44. The van der Waals surface area contributed by atoms with E-state index < -0.39 is 0 Å². The molecule has 1 radical (unpaired) electrons. The van der Waals surface area contributed by atoms with Gasteiger partial charge in [0.2, 0.25) is 0 Å². The molecule has 0 aromatic heterocycles. The zero-order chi connectivity index (χ0) is 5.98. The van der Waals surface area contributed by atoms with Crippen molar-refractivity contribution in [3.8, 4) is 0 Å². The summed E-state index contributed by atoms with van der Waals surface area (Å²) < 4.78 is 0. The summed E-state index contributed by atoms with van der Waals surface area (Å²) >= 11 is 11.1. The Bertz CT molecular complexity index is 150. The molecular weight excluding hydrogens is 166 g/mol. The van der Waals surface area contributed by atoms with Crippen molar-refractivity contribution in [1.82, 2.24) is 0 Å². The Kier molecular flexibility index (Phi) is 5.00. The number of halogens is 2. The molecule has 0 unspecified atom stereocenters. The van der Waals surface area contributed by atoms with E-state index in [-0.39, 0.29) is 29.6 Å². The van der Waals surface area contributed by atoms with Gasteiger partial charge in [0.05, 0.1) is 0 Å². The first kappa shape index (κ1) is 9.80. The zero-order valence-electron chi connectivity index (χ0n) is 5.07. The average Bonchev–Trinajstić information content (AvgIpc) is 1.77. The summed E-state index contributed by atoms with van der Waals surface area (Å²) in [6.45, 7) is 0. The van der Waals surface area contributed by atoms with Gasteiger partial charge in [0.15, 0.2) is 0 Å². The van der Waals surface area contributed by atoms with Crippen LogP contribution < -0.4 is 0 Å². The monoisotopic (exact) mass is 169 g/mol. The van der Waals surface area contributed by atoms with Gasteiger partial charge in [-0.2, -0.15) is 0 Å². The van der Waals surface area contributed by atoms with E-state index in [0.29, 0.717) is 0 Å². The molecule has 1 aromatic carbocycles. The molecule has 43 valence electrons. The average molecular weight is 170 g/mol. The molecule has 0 N–H and O–H groups in total.